The van der Waals surface area contributed by atoms with Gasteiger partial charge in [-0.05, 0) is 29.7 Å². The van der Waals surface area contributed by atoms with Gasteiger partial charge in [0.05, 0.1) is 19.0 Å². The molecule has 1 aliphatic heterocycles. The lowest BCUT2D eigenvalue weighted by molar-refractivity contribution is 0.0594. The van der Waals surface area contributed by atoms with Gasteiger partial charge in [0, 0.05) is 44.0 Å². The SMILES string of the molecule is COC(=O)c1cc2ccncc2c(N2CCN(c3ccc(C#N)nc3)CC2)n1. The van der Waals surface area contributed by atoms with Crippen LogP contribution >= 0.6 is 0 Å². The van der Waals surface area contributed by atoms with Gasteiger partial charge >= 0.3 is 5.97 Å². The number of rotatable bonds is 3. The fourth-order valence-corrected chi connectivity index (χ4v) is 3.34. The first-order valence-corrected chi connectivity index (χ1v) is 8.89. The van der Waals surface area contributed by atoms with Gasteiger partial charge < -0.3 is 14.5 Å². The number of nitriles is 1. The molecule has 0 aliphatic carbocycles. The molecule has 0 atom stereocenters. The third-order valence-corrected chi connectivity index (χ3v) is 4.82. The lowest BCUT2D eigenvalue weighted by Crippen LogP contribution is -2.47. The number of fused-ring (bicyclic) bond motifs is 1. The van der Waals surface area contributed by atoms with E-state index < -0.39 is 5.97 Å². The summed E-state index contributed by atoms with van der Waals surface area (Å²) in [6.45, 7) is 3.03. The summed E-state index contributed by atoms with van der Waals surface area (Å²) in [5, 5.41) is 10.7. The standard InChI is InChI=1S/C20H18N6O2/c1-28-20(27)18-10-14-4-5-22-13-17(14)19(24-18)26-8-6-25(7-9-26)16-3-2-15(11-21)23-12-16/h2-5,10,12-13H,6-9H2,1H3. The first-order valence-electron chi connectivity index (χ1n) is 8.89. The number of hydrogen-bond acceptors (Lipinski definition) is 8. The Morgan fingerprint density at radius 3 is 2.61 bits per heavy atom. The van der Waals surface area contributed by atoms with Crippen molar-refractivity contribution >= 4 is 28.2 Å². The molecule has 0 N–H and O–H groups in total. The summed E-state index contributed by atoms with van der Waals surface area (Å²) < 4.78 is 4.85. The molecule has 0 radical (unpaired) electrons. The minimum absolute atomic E-state index is 0.287. The molecule has 3 aromatic heterocycles. The number of methoxy groups -OCH3 is 1. The maximum absolute atomic E-state index is 12.0. The molecule has 0 spiro atoms. The first kappa shape index (κ1) is 17.7. The second-order valence-electron chi connectivity index (χ2n) is 6.41. The second kappa shape index (κ2) is 7.48. The average molecular weight is 374 g/mol. The number of piperazine rings is 1. The summed E-state index contributed by atoms with van der Waals surface area (Å²) in [5.74, 6) is 0.283. The number of esters is 1. The van der Waals surface area contributed by atoms with Gasteiger partial charge in [-0.2, -0.15) is 5.26 Å². The summed E-state index contributed by atoms with van der Waals surface area (Å²) in [6.07, 6.45) is 5.20. The number of anilines is 2. The van der Waals surface area contributed by atoms with E-state index in [1.807, 2.05) is 18.2 Å². The molecule has 1 aliphatic rings. The highest BCUT2D eigenvalue weighted by Gasteiger charge is 2.22. The lowest BCUT2D eigenvalue weighted by Gasteiger charge is -2.37. The van der Waals surface area contributed by atoms with Crippen LogP contribution < -0.4 is 9.80 Å². The van der Waals surface area contributed by atoms with Crippen molar-refractivity contribution in [1.82, 2.24) is 15.0 Å². The van der Waals surface area contributed by atoms with Crippen molar-refractivity contribution in [1.29, 1.82) is 5.26 Å². The summed E-state index contributed by atoms with van der Waals surface area (Å²) in [7, 11) is 1.35. The molecule has 0 saturated carbocycles. The van der Waals surface area contributed by atoms with E-state index in [4.69, 9.17) is 10.00 Å². The van der Waals surface area contributed by atoms with Crippen LogP contribution in [-0.2, 0) is 4.74 Å². The van der Waals surface area contributed by atoms with E-state index in [2.05, 4.69) is 24.8 Å². The Labute approximate surface area is 162 Å². The Hall–Kier alpha value is -3.73. The molecule has 4 rings (SSSR count). The molecule has 1 saturated heterocycles. The number of hydrogen-bond donors (Lipinski definition) is 0. The van der Waals surface area contributed by atoms with Crippen LogP contribution in [0.25, 0.3) is 10.8 Å². The zero-order chi connectivity index (χ0) is 19.5. The molecular weight excluding hydrogens is 356 g/mol. The quantitative estimate of drug-likeness (QED) is 0.643. The Bertz CT molecular complexity index is 1050. The van der Waals surface area contributed by atoms with Gasteiger partial charge in [-0.15, -0.1) is 0 Å². The largest absolute Gasteiger partial charge is 0.464 e. The predicted molar refractivity (Wildman–Crippen MR) is 104 cm³/mol. The van der Waals surface area contributed by atoms with Crippen LogP contribution in [0.1, 0.15) is 16.2 Å². The lowest BCUT2D eigenvalue weighted by atomic mass is 10.1. The Morgan fingerprint density at radius 2 is 1.93 bits per heavy atom. The van der Waals surface area contributed by atoms with Crippen LogP contribution in [0.5, 0.6) is 0 Å². The number of carbonyl (C=O) groups is 1. The predicted octanol–water partition coefficient (Wildman–Crippen LogP) is 2.01. The number of aromatic nitrogens is 3. The minimum atomic E-state index is -0.456. The summed E-state index contributed by atoms with van der Waals surface area (Å²) >= 11 is 0. The smallest absolute Gasteiger partial charge is 0.356 e. The topological polar surface area (TPSA) is 95.2 Å². The highest BCUT2D eigenvalue weighted by Crippen LogP contribution is 2.27. The first-order chi connectivity index (χ1) is 13.7. The number of carbonyl (C=O) groups excluding carboxylic acids is 1. The molecule has 28 heavy (non-hydrogen) atoms. The second-order valence-corrected chi connectivity index (χ2v) is 6.41. The molecule has 8 nitrogen and oxygen atoms in total. The molecule has 0 amide bonds. The van der Waals surface area contributed by atoms with E-state index in [-0.39, 0.29) is 5.69 Å². The molecule has 3 aromatic rings. The van der Waals surface area contributed by atoms with Crippen molar-refractivity contribution in [2.75, 3.05) is 43.1 Å². The monoisotopic (exact) mass is 374 g/mol. The van der Waals surface area contributed by atoms with Crippen molar-refractivity contribution in [3.63, 3.8) is 0 Å². The fourth-order valence-electron chi connectivity index (χ4n) is 3.34. The van der Waals surface area contributed by atoms with E-state index in [0.29, 0.717) is 5.69 Å². The zero-order valence-electron chi connectivity index (χ0n) is 15.4. The van der Waals surface area contributed by atoms with Crippen LogP contribution in [0.3, 0.4) is 0 Å². The molecule has 8 heteroatoms. The van der Waals surface area contributed by atoms with E-state index in [9.17, 15) is 4.79 Å². The Morgan fingerprint density at radius 1 is 1.14 bits per heavy atom. The maximum atomic E-state index is 12.0. The van der Waals surface area contributed by atoms with Crippen molar-refractivity contribution in [2.45, 2.75) is 0 Å². The molecule has 140 valence electrons. The number of pyridine rings is 3. The van der Waals surface area contributed by atoms with Crippen molar-refractivity contribution in [3.8, 4) is 6.07 Å². The van der Waals surface area contributed by atoms with Crippen molar-refractivity contribution in [3.05, 3.63) is 54.2 Å². The molecule has 4 heterocycles. The molecule has 0 unspecified atom stereocenters. The summed E-state index contributed by atoms with van der Waals surface area (Å²) in [6, 6.07) is 9.26. The van der Waals surface area contributed by atoms with Crippen LogP contribution in [0, 0.1) is 11.3 Å². The average Bonchev–Trinajstić information content (AvgIpc) is 2.78. The normalized spacial score (nSPS) is 14.0. The molecule has 0 bridgehead atoms. The van der Waals surface area contributed by atoms with E-state index in [1.54, 1.807) is 30.7 Å². The summed E-state index contributed by atoms with van der Waals surface area (Å²) in [4.78, 5) is 29.3. The van der Waals surface area contributed by atoms with Crippen LogP contribution in [0.2, 0.25) is 0 Å². The van der Waals surface area contributed by atoms with Gasteiger partial charge in [-0.3, -0.25) is 4.98 Å². The van der Waals surface area contributed by atoms with Crippen molar-refractivity contribution in [2.24, 2.45) is 0 Å². The van der Waals surface area contributed by atoms with Gasteiger partial charge in [0.25, 0.3) is 0 Å². The molecular formula is C20H18N6O2. The van der Waals surface area contributed by atoms with Gasteiger partial charge in [-0.1, -0.05) is 0 Å². The third-order valence-electron chi connectivity index (χ3n) is 4.82. The highest BCUT2D eigenvalue weighted by molar-refractivity contribution is 5.98. The Kier molecular flexibility index (Phi) is 4.72. The molecule has 1 fully saturated rings. The van der Waals surface area contributed by atoms with Gasteiger partial charge in [0.2, 0.25) is 0 Å². The third kappa shape index (κ3) is 3.30. The van der Waals surface area contributed by atoms with Crippen LogP contribution in [-0.4, -0.2) is 54.2 Å². The van der Waals surface area contributed by atoms with Gasteiger partial charge in [0.1, 0.15) is 17.6 Å². The van der Waals surface area contributed by atoms with Gasteiger partial charge in [-0.25, -0.2) is 14.8 Å². The fraction of sp³-hybridized carbons (Fsp3) is 0.250. The van der Waals surface area contributed by atoms with Crippen LogP contribution in [0.4, 0.5) is 11.5 Å². The maximum Gasteiger partial charge on any atom is 0.356 e. The van der Waals surface area contributed by atoms with E-state index in [1.165, 1.54) is 7.11 Å². The molecule has 0 aromatic carbocycles. The highest BCUT2D eigenvalue weighted by atomic mass is 16.5. The number of ether oxygens (including phenoxy) is 1. The zero-order valence-corrected chi connectivity index (χ0v) is 15.4. The van der Waals surface area contributed by atoms with E-state index in [0.717, 1.165) is 48.5 Å². The summed E-state index contributed by atoms with van der Waals surface area (Å²) in [5.41, 5.74) is 1.68. The van der Waals surface area contributed by atoms with Crippen molar-refractivity contribution < 1.29 is 9.53 Å². The number of nitrogens with zero attached hydrogens (tertiary/aromatic N) is 6. The van der Waals surface area contributed by atoms with Crippen LogP contribution in [0.15, 0.2) is 42.9 Å². The Balaban J connectivity index is 1.59. The van der Waals surface area contributed by atoms with Gasteiger partial charge in [0.15, 0.2) is 5.69 Å². The minimum Gasteiger partial charge on any atom is -0.464 e. The van der Waals surface area contributed by atoms with E-state index >= 15 is 0 Å².